The summed E-state index contributed by atoms with van der Waals surface area (Å²) in [5.74, 6) is 2.11. The van der Waals surface area contributed by atoms with Crippen molar-refractivity contribution in [2.75, 3.05) is 72.6 Å². The molecule has 1 fully saturated rings. The number of rotatable bonds is 15. The van der Waals surface area contributed by atoms with Gasteiger partial charge in [-0.05, 0) is 59.5 Å². The fourth-order valence-corrected chi connectivity index (χ4v) is 6.83. The maximum absolute atomic E-state index is 6.88. The molecule has 0 unspecified atom stereocenters. The Morgan fingerprint density at radius 1 is 0.643 bits per heavy atom. The zero-order valence-electron chi connectivity index (χ0n) is 23.5. The number of anilines is 2. The third-order valence-corrected chi connectivity index (χ3v) is 8.93. The summed E-state index contributed by atoms with van der Waals surface area (Å²) in [5, 5.41) is 1.48. The van der Waals surface area contributed by atoms with Crippen LogP contribution in [0.3, 0.4) is 0 Å². The molecule has 0 N–H and O–H groups in total. The predicted octanol–water partition coefficient (Wildman–Crippen LogP) is 8.36. The standard InChI is InChI=1S/C31H37Cl6N5/c32-8-16-39(17-9-33)27-4-2-25(29(36)20-27)22-41-14-1-15-42(31(41)24-6-12-38-13-7-24)23-26-3-5-28(21-30(26)37)40(18-10-34)19-11-35/h2-7,12-13,20-21,31H,1,8-11,14-19,22-23H2. The Hall–Kier alpha value is -1.15. The second kappa shape index (κ2) is 17.4. The number of alkyl halides is 4. The molecule has 5 nitrogen and oxygen atoms in total. The van der Waals surface area contributed by atoms with Crippen LogP contribution in [0.5, 0.6) is 0 Å². The second-order valence-corrected chi connectivity index (χ2v) is 12.6. The van der Waals surface area contributed by atoms with E-state index in [1.165, 1.54) is 5.56 Å². The lowest BCUT2D eigenvalue weighted by Gasteiger charge is -2.44. The fourth-order valence-electron chi connectivity index (χ4n) is 5.55. The molecule has 0 aliphatic carbocycles. The summed E-state index contributed by atoms with van der Waals surface area (Å²) in [6.45, 7) is 6.20. The molecule has 1 aliphatic heterocycles. The van der Waals surface area contributed by atoms with Gasteiger partial charge in [0.05, 0.1) is 6.17 Å². The highest BCUT2D eigenvalue weighted by Gasteiger charge is 2.31. The lowest BCUT2D eigenvalue weighted by atomic mass is 10.0. The van der Waals surface area contributed by atoms with Crippen LogP contribution in [-0.2, 0) is 13.1 Å². The van der Waals surface area contributed by atoms with Gasteiger partial charge in [0.25, 0.3) is 0 Å². The Balaban J connectivity index is 1.57. The Labute approximate surface area is 280 Å². The summed E-state index contributed by atoms with van der Waals surface area (Å²) >= 11 is 37.9. The van der Waals surface area contributed by atoms with Gasteiger partial charge in [-0.3, -0.25) is 14.8 Å². The molecule has 11 heteroatoms. The highest BCUT2D eigenvalue weighted by molar-refractivity contribution is 6.32. The van der Waals surface area contributed by atoms with Gasteiger partial charge in [0, 0.05) is 110 Å². The molecule has 228 valence electrons. The van der Waals surface area contributed by atoms with E-state index in [1.807, 2.05) is 24.5 Å². The van der Waals surface area contributed by atoms with E-state index in [0.717, 1.165) is 78.2 Å². The van der Waals surface area contributed by atoms with Crippen molar-refractivity contribution in [2.45, 2.75) is 25.7 Å². The van der Waals surface area contributed by atoms with E-state index in [1.54, 1.807) is 0 Å². The minimum absolute atomic E-state index is 0.0428. The number of pyridine rings is 1. The maximum Gasteiger partial charge on any atom is 0.0893 e. The van der Waals surface area contributed by atoms with Crippen LogP contribution in [0.4, 0.5) is 11.4 Å². The summed E-state index contributed by atoms with van der Waals surface area (Å²) in [7, 11) is 0. The number of halogens is 6. The van der Waals surface area contributed by atoms with Crippen LogP contribution in [0.1, 0.15) is 29.3 Å². The molecule has 1 aromatic heterocycles. The molecule has 0 atom stereocenters. The Bertz CT molecular complexity index is 1160. The van der Waals surface area contributed by atoms with E-state index in [9.17, 15) is 0 Å². The molecular formula is C31H37Cl6N5. The molecule has 0 bridgehead atoms. The molecule has 3 aromatic rings. The Morgan fingerprint density at radius 2 is 1.07 bits per heavy atom. The van der Waals surface area contributed by atoms with E-state index < -0.39 is 0 Å². The van der Waals surface area contributed by atoms with Gasteiger partial charge in [0.1, 0.15) is 0 Å². The average Bonchev–Trinajstić information content (AvgIpc) is 2.99. The second-order valence-electron chi connectivity index (χ2n) is 10.2. The van der Waals surface area contributed by atoms with Crippen LogP contribution in [0.2, 0.25) is 10.0 Å². The van der Waals surface area contributed by atoms with Crippen molar-refractivity contribution in [3.05, 3.63) is 87.7 Å². The van der Waals surface area contributed by atoms with Crippen LogP contribution in [0.25, 0.3) is 0 Å². The van der Waals surface area contributed by atoms with Crippen molar-refractivity contribution in [3.63, 3.8) is 0 Å². The summed E-state index contributed by atoms with van der Waals surface area (Å²) < 4.78 is 0. The molecular weight excluding hydrogens is 655 g/mol. The van der Waals surface area contributed by atoms with E-state index in [-0.39, 0.29) is 6.17 Å². The van der Waals surface area contributed by atoms with Crippen molar-refractivity contribution in [2.24, 2.45) is 0 Å². The average molecular weight is 692 g/mol. The molecule has 2 aromatic carbocycles. The number of aromatic nitrogens is 1. The molecule has 0 spiro atoms. The highest BCUT2D eigenvalue weighted by Crippen LogP contribution is 2.35. The van der Waals surface area contributed by atoms with Gasteiger partial charge >= 0.3 is 0 Å². The van der Waals surface area contributed by atoms with Gasteiger partial charge < -0.3 is 9.80 Å². The zero-order chi connectivity index (χ0) is 29.9. The molecule has 0 radical (unpaired) electrons. The normalized spacial score (nSPS) is 14.8. The van der Waals surface area contributed by atoms with Gasteiger partial charge in [-0.2, -0.15) is 0 Å². The van der Waals surface area contributed by atoms with Crippen LogP contribution >= 0.6 is 69.6 Å². The Kier molecular flexibility index (Phi) is 14.0. The van der Waals surface area contributed by atoms with Gasteiger partial charge in [-0.1, -0.05) is 35.3 Å². The van der Waals surface area contributed by atoms with Crippen LogP contribution in [0.15, 0.2) is 60.9 Å². The Morgan fingerprint density at radius 3 is 1.45 bits per heavy atom. The minimum Gasteiger partial charge on any atom is -0.369 e. The van der Waals surface area contributed by atoms with Crippen molar-refractivity contribution >= 4 is 81.0 Å². The van der Waals surface area contributed by atoms with E-state index in [2.05, 4.69) is 61.0 Å². The first kappa shape index (κ1) is 33.7. The smallest absolute Gasteiger partial charge is 0.0893 e. The van der Waals surface area contributed by atoms with Gasteiger partial charge in [-0.25, -0.2) is 0 Å². The van der Waals surface area contributed by atoms with Crippen molar-refractivity contribution in [3.8, 4) is 0 Å². The number of hydrogen-bond acceptors (Lipinski definition) is 5. The van der Waals surface area contributed by atoms with Crippen LogP contribution in [-0.4, -0.2) is 77.6 Å². The fraction of sp³-hybridized carbons (Fsp3) is 0.452. The number of nitrogens with zero attached hydrogens (tertiary/aromatic N) is 5. The summed E-state index contributed by atoms with van der Waals surface area (Å²) in [5.41, 5.74) is 5.42. The SMILES string of the molecule is ClCCN(CCCl)c1ccc(CN2CCCN(Cc3ccc(N(CCCl)CCCl)cc3Cl)C2c2ccncc2)c(Cl)c1. The first-order valence-electron chi connectivity index (χ1n) is 14.2. The first-order valence-corrected chi connectivity index (χ1v) is 17.1. The number of benzene rings is 2. The summed E-state index contributed by atoms with van der Waals surface area (Å²) in [6, 6.07) is 16.7. The van der Waals surface area contributed by atoms with Crippen molar-refractivity contribution < 1.29 is 0 Å². The largest absolute Gasteiger partial charge is 0.369 e. The van der Waals surface area contributed by atoms with Gasteiger partial charge in [0.15, 0.2) is 0 Å². The third-order valence-electron chi connectivity index (χ3n) is 7.55. The molecule has 0 saturated carbocycles. The lowest BCUT2D eigenvalue weighted by Crippen LogP contribution is -2.47. The van der Waals surface area contributed by atoms with E-state index in [0.29, 0.717) is 36.6 Å². The lowest BCUT2D eigenvalue weighted by molar-refractivity contribution is -0.00909. The monoisotopic (exact) mass is 689 g/mol. The zero-order valence-corrected chi connectivity index (χ0v) is 28.1. The van der Waals surface area contributed by atoms with Gasteiger partial charge in [-0.15, -0.1) is 46.4 Å². The minimum atomic E-state index is 0.0428. The quantitative estimate of drug-likeness (QED) is 0.149. The predicted molar refractivity (Wildman–Crippen MR) is 183 cm³/mol. The van der Waals surface area contributed by atoms with Crippen molar-refractivity contribution in [1.29, 1.82) is 0 Å². The topological polar surface area (TPSA) is 25.9 Å². The van der Waals surface area contributed by atoms with Gasteiger partial charge in [0.2, 0.25) is 0 Å². The van der Waals surface area contributed by atoms with Crippen LogP contribution < -0.4 is 9.80 Å². The number of hydrogen-bond donors (Lipinski definition) is 0. The molecule has 0 amide bonds. The molecule has 1 saturated heterocycles. The molecule has 2 heterocycles. The third kappa shape index (κ3) is 8.95. The molecule has 1 aliphatic rings. The highest BCUT2D eigenvalue weighted by atomic mass is 35.5. The maximum atomic E-state index is 6.88. The molecule has 42 heavy (non-hydrogen) atoms. The van der Waals surface area contributed by atoms with E-state index in [4.69, 9.17) is 69.6 Å². The first-order chi connectivity index (χ1) is 20.5. The van der Waals surface area contributed by atoms with Crippen molar-refractivity contribution in [1.82, 2.24) is 14.8 Å². The summed E-state index contributed by atoms with van der Waals surface area (Å²) in [6.07, 6.45) is 4.79. The summed E-state index contributed by atoms with van der Waals surface area (Å²) in [4.78, 5) is 13.6. The van der Waals surface area contributed by atoms with E-state index >= 15 is 0 Å². The van der Waals surface area contributed by atoms with Crippen LogP contribution in [0, 0.1) is 0 Å². The molecule has 4 rings (SSSR count).